The molecule has 0 radical (unpaired) electrons. The van der Waals surface area contributed by atoms with Crippen LogP contribution in [0.4, 0.5) is 5.69 Å². The smallest absolute Gasteiger partial charge is 0.280 e. The quantitative estimate of drug-likeness (QED) is 0.0827. The van der Waals surface area contributed by atoms with Crippen molar-refractivity contribution in [2.75, 3.05) is 17.4 Å². The van der Waals surface area contributed by atoms with Crippen LogP contribution >= 0.6 is 23.4 Å². The number of carbonyl (C=O) groups is 1. The van der Waals surface area contributed by atoms with Gasteiger partial charge in [0.15, 0.2) is 0 Å². The molecule has 5 aromatic rings. The van der Waals surface area contributed by atoms with Crippen molar-refractivity contribution < 1.29 is 9.53 Å². The number of aromatic nitrogens is 2. The highest BCUT2D eigenvalue weighted by Gasteiger charge is 2.31. The average molecular weight is 633 g/mol. The molecule has 1 aliphatic rings. The van der Waals surface area contributed by atoms with E-state index in [1.165, 1.54) is 10.6 Å². The number of ether oxygens (including phenoxy) is 1. The zero-order chi connectivity index (χ0) is 31.2. The minimum absolute atomic E-state index is 0.183. The van der Waals surface area contributed by atoms with E-state index in [0.29, 0.717) is 40.1 Å². The molecular formula is C37H33ClN4O2S. The Labute approximate surface area is 273 Å². The van der Waals surface area contributed by atoms with Crippen LogP contribution in [0.1, 0.15) is 30.9 Å². The fraction of sp³-hybridized carbons (Fsp3) is 0.162. The molecule has 45 heavy (non-hydrogen) atoms. The molecule has 6 rings (SSSR count). The highest BCUT2D eigenvalue weighted by molar-refractivity contribution is 8.00. The summed E-state index contributed by atoms with van der Waals surface area (Å²) >= 11 is 8.34. The predicted molar refractivity (Wildman–Crippen MR) is 186 cm³/mol. The summed E-state index contributed by atoms with van der Waals surface area (Å²) in [5.74, 6) is 0.988. The molecule has 0 aliphatic carbocycles. The number of hydrazone groups is 1. The standard InChI is InChI=1S/C37H33ClN4O2S/c1-3-4-21-44-35-20-17-27(23-33(35)38)36-28(24-41(40-36)29-11-7-5-8-12-29)22-32-34(25-45-31-18-15-26(2)16-19-31)39-42(37(32)43)30-13-9-6-10-14-30/h5-20,22-24H,3-4,21,25H2,1-2H3/b32-22-. The fourth-order valence-electron chi connectivity index (χ4n) is 4.92. The molecule has 4 aromatic carbocycles. The van der Waals surface area contributed by atoms with Gasteiger partial charge in [0.25, 0.3) is 5.91 Å². The molecule has 1 aliphatic heterocycles. The number of anilines is 1. The van der Waals surface area contributed by atoms with E-state index in [2.05, 4.69) is 38.1 Å². The summed E-state index contributed by atoms with van der Waals surface area (Å²) < 4.78 is 7.72. The van der Waals surface area contributed by atoms with Gasteiger partial charge in [0.2, 0.25) is 0 Å². The number of benzene rings is 4. The Morgan fingerprint density at radius 2 is 1.62 bits per heavy atom. The largest absolute Gasteiger partial charge is 0.492 e. The monoisotopic (exact) mass is 632 g/mol. The zero-order valence-electron chi connectivity index (χ0n) is 25.2. The van der Waals surface area contributed by atoms with Crippen LogP contribution in [0.3, 0.4) is 0 Å². The minimum Gasteiger partial charge on any atom is -0.492 e. The van der Waals surface area contributed by atoms with Crippen LogP contribution in [0.2, 0.25) is 5.02 Å². The second-order valence-electron chi connectivity index (χ2n) is 10.7. The Kier molecular flexibility index (Phi) is 9.48. The minimum atomic E-state index is -0.183. The molecule has 0 atom stereocenters. The van der Waals surface area contributed by atoms with E-state index in [1.54, 1.807) is 11.8 Å². The molecule has 8 heteroatoms. The topological polar surface area (TPSA) is 59.7 Å². The molecule has 2 heterocycles. The van der Waals surface area contributed by atoms with Crippen molar-refractivity contribution in [2.45, 2.75) is 31.6 Å². The van der Waals surface area contributed by atoms with Gasteiger partial charge in [-0.1, -0.05) is 79.0 Å². The van der Waals surface area contributed by atoms with Gasteiger partial charge in [-0.05, 0) is 74.0 Å². The molecule has 0 spiro atoms. The first-order valence-corrected chi connectivity index (χ1v) is 16.3. The molecule has 1 amide bonds. The van der Waals surface area contributed by atoms with E-state index in [-0.39, 0.29) is 5.91 Å². The highest BCUT2D eigenvalue weighted by atomic mass is 35.5. The van der Waals surface area contributed by atoms with Crippen molar-refractivity contribution in [3.8, 4) is 22.7 Å². The third-order valence-electron chi connectivity index (χ3n) is 7.38. The average Bonchev–Trinajstić information content (AvgIpc) is 3.63. The molecule has 0 N–H and O–H groups in total. The first-order chi connectivity index (χ1) is 22.0. The number of carbonyl (C=O) groups excluding carboxylic acids is 1. The molecule has 0 saturated carbocycles. The third kappa shape index (κ3) is 7.06. The molecular weight excluding hydrogens is 600 g/mol. The van der Waals surface area contributed by atoms with Crippen molar-refractivity contribution in [3.05, 3.63) is 131 Å². The Hall–Kier alpha value is -4.59. The van der Waals surface area contributed by atoms with Crippen LogP contribution in [0, 0.1) is 6.92 Å². The maximum absolute atomic E-state index is 14.0. The second kappa shape index (κ2) is 14.0. The maximum Gasteiger partial charge on any atom is 0.280 e. The summed E-state index contributed by atoms with van der Waals surface area (Å²) in [5, 5.41) is 11.8. The molecule has 6 nitrogen and oxygen atoms in total. The van der Waals surface area contributed by atoms with Crippen molar-refractivity contribution in [3.63, 3.8) is 0 Å². The summed E-state index contributed by atoms with van der Waals surface area (Å²) in [6.07, 6.45) is 5.85. The van der Waals surface area contributed by atoms with E-state index in [1.807, 2.05) is 95.8 Å². The number of halogens is 1. The Bertz CT molecular complexity index is 1850. The summed E-state index contributed by atoms with van der Waals surface area (Å²) in [7, 11) is 0. The Morgan fingerprint density at radius 3 is 2.31 bits per heavy atom. The number of nitrogens with zero attached hydrogens (tertiary/aromatic N) is 4. The molecule has 1 aromatic heterocycles. The highest BCUT2D eigenvalue weighted by Crippen LogP contribution is 2.34. The van der Waals surface area contributed by atoms with Gasteiger partial charge in [-0.25, -0.2) is 4.68 Å². The fourth-order valence-corrected chi connectivity index (χ4v) is 6.00. The number of para-hydroxylation sites is 2. The predicted octanol–water partition coefficient (Wildman–Crippen LogP) is 9.26. The molecule has 0 bridgehead atoms. The normalized spacial score (nSPS) is 13.8. The van der Waals surface area contributed by atoms with Crippen molar-refractivity contribution >= 4 is 46.7 Å². The van der Waals surface area contributed by atoms with Gasteiger partial charge < -0.3 is 4.74 Å². The van der Waals surface area contributed by atoms with Crippen LogP contribution in [0.15, 0.2) is 125 Å². The number of unbranched alkanes of at least 4 members (excludes halogenated alkanes) is 1. The van der Waals surface area contributed by atoms with Gasteiger partial charge in [-0.15, -0.1) is 11.8 Å². The third-order valence-corrected chi connectivity index (χ3v) is 8.69. The van der Waals surface area contributed by atoms with E-state index >= 15 is 0 Å². The summed E-state index contributed by atoms with van der Waals surface area (Å²) in [6.45, 7) is 4.80. The van der Waals surface area contributed by atoms with Gasteiger partial charge in [0.1, 0.15) is 11.4 Å². The summed E-state index contributed by atoms with van der Waals surface area (Å²) in [5.41, 5.74) is 6.35. The number of thioether (sulfide) groups is 1. The van der Waals surface area contributed by atoms with E-state index in [9.17, 15) is 4.79 Å². The molecule has 0 saturated heterocycles. The van der Waals surface area contributed by atoms with Gasteiger partial charge in [0.05, 0.1) is 34.3 Å². The van der Waals surface area contributed by atoms with E-state index in [4.69, 9.17) is 26.5 Å². The van der Waals surface area contributed by atoms with Gasteiger partial charge in [0, 0.05) is 28.0 Å². The molecule has 226 valence electrons. The first-order valence-electron chi connectivity index (χ1n) is 15.0. The maximum atomic E-state index is 14.0. The lowest BCUT2D eigenvalue weighted by atomic mass is 10.0. The lowest BCUT2D eigenvalue weighted by Crippen LogP contribution is -2.21. The van der Waals surface area contributed by atoms with E-state index < -0.39 is 0 Å². The Balaban J connectivity index is 1.41. The van der Waals surface area contributed by atoms with Gasteiger partial charge >= 0.3 is 0 Å². The summed E-state index contributed by atoms with van der Waals surface area (Å²) in [4.78, 5) is 15.1. The van der Waals surface area contributed by atoms with Crippen LogP contribution in [0.25, 0.3) is 23.0 Å². The molecule has 0 fully saturated rings. The summed E-state index contributed by atoms with van der Waals surface area (Å²) in [6, 6.07) is 33.5. The number of amides is 1. The number of rotatable bonds is 11. The van der Waals surface area contributed by atoms with Crippen LogP contribution < -0.4 is 9.75 Å². The van der Waals surface area contributed by atoms with Gasteiger partial charge in [-0.3, -0.25) is 4.79 Å². The number of hydrogen-bond acceptors (Lipinski definition) is 5. The van der Waals surface area contributed by atoms with Crippen LogP contribution in [-0.4, -0.2) is 33.8 Å². The van der Waals surface area contributed by atoms with Crippen molar-refractivity contribution in [1.82, 2.24) is 9.78 Å². The van der Waals surface area contributed by atoms with Crippen LogP contribution in [0.5, 0.6) is 5.75 Å². The van der Waals surface area contributed by atoms with Crippen molar-refractivity contribution in [2.24, 2.45) is 5.10 Å². The van der Waals surface area contributed by atoms with Crippen LogP contribution in [-0.2, 0) is 4.79 Å². The zero-order valence-corrected chi connectivity index (χ0v) is 26.8. The second-order valence-corrected chi connectivity index (χ2v) is 12.2. The van der Waals surface area contributed by atoms with Gasteiger partial charge in [-0.2, -0.15) is 15.2 Å². The first kappa shape index (κ1) is 30.4. The van der Waals surface area contributed by atoms with Crippen molar-refractivity contribution in [1.29, 1.82) is 0 Å². The molecule has 0 unspecified atom stereocenters. The SMILES string of the molecule is CCCCOc1ccc(-c2nn(-c3ccccc3)cc2/C=C2\C(=O)N(c3ccccc3)N=C2CSc2ccc(C)cc2)cc1Cl. The number of aryl methyl sites for hydroxylation is 1. The lowest BCUT2D eigenvalue weighted by molar-refractivity contribution is -0.114. The Morgan fingerprint density at radius 1 is 0.911 bits per heavy atom. The van der Waals surface area contributed by atoms with E-state index in [0.717, 1.165) is 40.2 Å². The lowest BCUT2D eigenvalue weighted by Gasteiger charge is -2.11. The number of hydrogen-bond donors (Lipinski definition) is 0.